The average Bonchev–Trinajstić information content (AvgIpc) is 2.45. The summed E-state index contributed by atoms with van der Waals surface area (Å²) in [5.41, 5.74) is 0.916. The fraction of sp³-hybridized carbons (Fsp3) is 0.143. The van der Waals surface area contributed by atoms with E-state index in [1.54, 1.807) is 18.5 Å². The first-order chi connectivity index (χ1) is 8.88. The van der Waals surface area contributed by atoms with Crippen molar-refractivity contribution in [2.24, 2.45) is 0 Å². The zero-order chi connectivity index (χ0) is 12.6. The summed E-state index contributed by atoms with van der Waals surface area (Å²) in [6, 6.07) is 9.28. The Morgan fingerprint density at radius 3 is 2.50 bits per heavy atom. The summed E-state index contributed by atoms with van der Waals surface area (Å²) in [7, 11) is 0. The molecule has 1 heterocycles. The van der Waals surface area contributed by atoms with Crippen LogP contribution in [0.3, 0.4) is 0 Å². The minimum Gasteiger partial charge on any atom is -0.486 e. The van der Waals surface area contributed by atoms with Gasteiger partial charge in [-0.2, -0.15) is 0 Å². The maximum atomic E-state index is 5.55. The highest BCUT2D eigenvalue weighted by atomic mass is 35.5. The lowest BCUT2D eigenvalue weighted by Crippen LogP contribution is -2.00. The van der Waals surface area contributed by atoms with Gasteiger partial charge in [0.1, 0.15) is 12.4 Å². The second-order valence-corrected chi connectivity index (χ2v) is 3.68. The third-order valence-corrected chi connectivity index (χ3v) is 2.27. The van der Waals surface area contributed by atoms with E-state index in [-0.39, 0.29) is 0 Å². The molecule has 0 fully saturated rings. The van der Waals surface area contributed by atoms with Crippen LogP contribution in [0.25, 0.3) is 0 Å². The van der Waals surface area contributed by atoms with Gasteiger partial charge in [0.15, 0.2) is 5.82 Å². The Bertz CT molecular complexity index is 544. The smallest absolute Gasteiger partial charge is 0.166 e. The van der Waals surface area contributed by atoms with Gasteiger partial charge in [0, 0.05) is 18.0 Å². The molecule has 4 heteroatoms. The van der Waals surface area contributed by atoms with E-state index in [9.17, 15) is 0 Å². The number of halogens is 1. The quantitative estimate of drug-likeness (QED) is 0.627. The van der Waals surface area contributed by atoms with Gasteiger partial charge in [-0.3, -0.25) is 0 Å². The van der Waals surface area contributed by atoms with E-state index in [4.69, 9.17) is 16.3 Å². The third-order valence-electron chi connectivity index (χ3n) is 2.14. The molecule has 0 bridgehead atoms. The number of aromatic nitrogens is 2. The number of hydrogen-bond acceptors (Lipinski definition) is 3. The van der Waals surface area contributed by atoms with Gasteiger partial charge in [-0.15, -0.1) is 11.6 Å². The van der Waals surface area contributed by atoms with Crippen LogP contribution < -0.4 is 4.74 Å². The van der Waals surface area contributed by atoms with Crippen LogP contribution in [0.4, 0.5) is 0 Å². The Labute approximate surface area is 111 Å². The van der Waals surface area contributed by atoms with Crippen LogP contribution in [0.5, 0.6) is 5.75 Å². The minimum atomic E-state index is 0.337. The highest BCUT2D eigenvalue weighted by Gasteiger charge is 1.97. The van der Waals surface area contributed by atoms with Crippen molar-refractivity contribution in [3.8, 4) is 17.6 Å². The molecule has 1 aromatic heterocycles. The maximum absolute atomic E-state index is 5.55. The molecule has 90 valence electrons. The Morgan fingerprint density at radius 1 is 1.11 bits per heavy atom. The van der Waals surface area contributed by atoms with E-state index in [1.807, 2.05) is 24.3 Å². The summed E-state index contributed by atoms with van der Waals surface area (Å²) in [5.74, 6) is 7.49. The minimum absolute atomic E-state index is 0.337. The van der Waals surface area contributed by atoms with E-state index in [1.165, 1.54) is 0 Å². The van der Waals surface area contributed by atoms with E-state index in [0.717, 1.165) is 11.3 Å². The highest BCUT2D eigenvalue weighted by Crippen LogP contribution is 2.12. The average molecular weight is 259 g/mol. The molecular formula is C14H11ClN2O. The number of nitrogens with zero attached hydrogens (tertiary/aromatic N) is 2. The first-order valence-corrected chi connectivity index (χ1v) is 5.95. The van der Waals surface area contributed by atoms with Gasteiger partial charge >= 0.3 is 0 Å². The van der Waals surface area contributed by atoms with E-state index in [0.29, 0.717) is 18.3 Å². The Kier molecular flexibility index (Phi) is 4.57. The molecule has 0 saturated heterocycles. The molecule has 2 rings (SSSR count). The predicted octanol–water partition coefficient (Wildman–Crippen LogP) is 2.65. The molecule has 18 heavy (non-hydrogen) atoms. The standard InChI is InChI=1S/C14H11ClN2O/c15-8-1-3-12-4-6-13(7-5-12)18-11-14-16-9-2-10-17-14/h2,4-7,9-10H,8,11H2. The van der Waals surface area contributed by atoms with Crippen molar-refractivity contribution in [2.45, 2.75) is 6.61 Å². The van der Waals surface area contributed by atoms with E-state index in [2.05, 4.69) is 21.8 Å². The van der Waals surface area contributed by atoms with Crippen LogP contribution in [0.2, 0.25) is 0 Å². The summed E-state index contributed by atoms with van der Waals surface area (Å²) in [5, 5.41) is 0. The number of ether oxygens (including phenoxy) is 1. The molecule has 1 aromatic carbocycles. The summed E-state index contributed by atoms with van der Waals surface area (Å²) in [4.78, 5) is 8.16. The number of alkyl halides is 1. The van der Waals surface area contributed by atoms with Crippen LogP contribution in [0.15, 0.2) is 42.7 Å². The normalized spacial score (nSPS) is 9.39. The van der Waals surface area contributed by atoms with Gasteiger partial charge in [0.25, 0.3) is 0 Å². The van der Waals surface area contributed by atoms with Gasteiger partial charge in [0.05, 0.1) is 5.88 Å². The maximum Gasteiger partial charge on any atom is 0.166 e. The molecule has 0 aliphatic rings. The molecule has 0 unspecified atom stereocenters. The molecular weight excluding hydrogens is 248 g/mol. The molecule has 0 N–H and O–H groups in total. The molecule has 2 aromatic rings. The highest BCUT2D eigenvalue weighted by molar-refractivity contribution is 6.19. The van der Waals surface area contributed by atoms with Gasteiger partial charge in [-0.05, 0) is 30.3 Å². The monoisotopic (exact) mass is 258 g/mol. The van der Waals surface area contributed by atoms with Crippen molar-refractivity contribution in [1.29, 1.82) is 0 Å². The SMILES string of the molecule is ClCC#Cc1ccc(OCc2ncccn2)cc1. The van der Waals surface area contributed by atoms with Crippen LogP contribution in [-0.4, -0.2) is 15.8 Å². The number of rotatable bonds is 3. The predicted molar refractivity (Wildman–Crippen MR) is 70.4 cm³/mol. The fourth-order valence-corrected chi connectivity index (χ4v) is 1.39. The molecule has 0 radical (unpaired) electrons. The topological polar surface area (TPSA) is 35.0 Å². The molecule has 0 saturated carbocycles. The van der Waals surface area contributed by atoms with Crippen LogP contribution in [0, 0.1) is 11.8 Å². The lowest BCUT2D eigenvalue weighted by Gasteiger charge is -2.04. The van der Waals surface area contributed by atoms with Crippen LogP contribution >= 0.6 is 11.6 Å². The summed E-state index contributed by atoms with van der Waals surface area (Å²) >= 11 is 5.49. The Morgan fingerprint density at radius 2 is 1.83 bits per heavy atom. The second kappa shape index (κ2) is 6.63. The van der Waals surface area contributed by atoms with E-state index < -0.39 is 0 Å². The Hall–Kier alpha value is -2.05. The van der Waals surface area contributed by atoms with Crippen molar-refractivity contribution < 1.29 is 4.74 Å². The van der Waals surface area contributed by atoms with Crippen molar-refractivity contribution in [3.05, 3.63) is 54.1 Å². The number of hydrogen-bond donors (Lipinski definition) is 0. The van der Waals surface area contributed by atoms with Crippen LogP contribution in [-0.2, 0) is 6.61 Å². The van der Waals surface area contributed by atoms with Crippen molar-refractivity contribution in [3.63, 3.8) is 0 Å². The summed E-state index contributed by atoms with van der Waals surface area (Å²) in [6.07, 6.45) is 3.38. The summed E-state index contributed by atoms with van der Waals surface area (Å²) < 4.78 is 5.55. The second-order valence-electron chi connectivity index (χ2n) is 3.41. The largest absolute Gasteiger partial charge is 0.486 e. The van der Waals surface area contributed by atoms with Crippen molar-refractivity contribution in [2.75, 3.05) is 5.88 Å². The molecule has 0 spiro atoms. The zero-order valence-electron chi connectivity index (χ0n) is 9.64. The molecule has 0 aliphatic carbocycles. The van der Waals surface area contributed by atoms with Gasteiger partial charge in [-0.25, -0.2) is 9.97 Å². The van der Waals surface area contributed by atoms with Gasteiger partial charge in [0.2, 0.25) is 0 Å². The van der Waals surface area contributed by atoms with Gasteiger partial charge in [-0.1, -0.05) is 11.8 Å². The van der Waals surface area contributed by atoms with Crippen molar-refractivity contribution >= 4 is 11.6 Å². The first-order valence-electron chi connectivity index (χ1n) is 5.42. The van der Waals surface area contributed by atoms with Crippen molar-refractivity contribution in [1.82, 2.24) is 9.97 Å². The molecule has 3 nitrogen and oxygen atoms in total. The zero-order valence-corrected chi connectivity index (χ0v) is 10.4. The lowest BCUT2D eigenvalue weighted by atomic mass is 10.2. The molecule has 0 amide bonds. The van der Waals surface area contributed by atoms with E-state index >= 15 is 0 Å². The van der Waals surface area contributed by atoms with Gasteiger partial charge < -0.3 is 4.74 Å². The fourth-order valence-electron chi connectivity index (χ4n) is 1.32. The Balaban J connectivity index is 1.94. The molecule has 0 atom stereocenters. The molecule has 0 aliphatic heterocycles. The lowest BCUT2D eigenvalue weighted by molar-refractivity contribution is 0.296. The summed E-state index contributed by atoms with van der Waals surface area (Å²) in [6.45, 7) is 0.355. The van der Waals surface area contributed by atoms with Crippen LogP contribution in [0.1, 0.15) is 11.4 Å². The third kappa shape index (κ3) is 3.76. The first kappa shape index (κ1) is 12.4. The number of benzene rings is 1.